The Morgan fingerprint density at radius 2 is 1.50 bits per heavy atom. The summed E-state index contributed by atoms with van der Waals surface area (Å²) in [6.07, 6.45) is 0. The largest absolute Gasteiger partial charge is 0.414 e. The number of amides is 1. The summed E-state index contributed by atoms with van der Waals surface area (Å²) in [5, 5.41) is 0. The molecule has 0 bridgehead atoms. The van der Waals surface area contributed by atoms with Gasteiger partial charge < -0.3 is 4.42 Å². The highest BCUT2D eigenvalue weighted by molar-refractivity contribution is 7.93. The number of aryl methyl sites for hydroxylation is 2. The third-order valence-electron chi connectivity index (χ3n) is 4.59. The normalized spacial score (nSPS) is 11.5. The van der Waals surface area contributed by atoms with Crippen LogP contribution in [0.5, 0.6) is 0 Å². The molecule has 30 heavy (non-hydrogen) atoms. The van der Waals surface area contributed by atoms with E-state index in [9.17, 15) is 18.0 Å². The number of nitrogens with zero attached hydrogens (tertiary/aromatic N) is 1. The van der Waals surface area contributed by atoms with Crippen LogP contribution in [0.2, 0.25) is 0 Å². The summed E-state index contributed by atoms with van der Waals surface area (Å²) in [5.74, 6) is -0.689. The Morgan fingerprint density at radius 3 is 2.13 bits per heavy atom. The van der Waals surface area contributed by atoms with Gasteiger partial charge in [-0.05, 0) is 56.3 Å². The van der Waals surface area contributed by atoms with Crippen LogP contribution in [-0.4, -0.2) is 14.3 Å². The number of hydrogen-bond acceptors (Lipinski definition) is 6. The van der Waals surface area contributed by atoms with E-state index < -0.39 is 20.9 Å². The van der Waals surface area contributed by atoms with E-state index in [1.807, 2.05) is 13.8 Å². The van der Waals surface area contributed by atoms with E-state index in [4.69, 9.17) is 4.42 Å². The fraction of sp³-hybridized carbons (Fsp3) is 0.0909. The first-order valence-electron chi connectivity index (χ1n) is 9.02. The third-order valence-corrected chi connectivity index (χ3v) is 7.10. The zero-order valence-corrected chi connectivity index (χ0v) is 17.8. The number of rotatable bonds is 4. The maximum atomic E-state index is 13.5. The van der Waals surface area contributed by atoms with Gasteiger partial charge in [-0.25, -0.2) is 13.2 Å². The van der Waals surface area contributed by atoms with Crippen molar-refractivity contribution in [2.45, 2.75) is 18.7 Å². The molecule has 6 nitrogen and oxygen atoms in total. The van der Waals surface area contributed by atoms with E-state index in [2.05, 4.69) is 0 Å². The van der Waals surface area contributed by atoms with Crippen molar-refractivity contribution in [3.63, 3.8) is 0 Å². The minimum atomic E-state index is -4.21. The summed E-state index contributed by atoms with van der Waals surface area (Å²) < 4.78 is 33.3. The van der Waals surface area contributed by atoms with Crippen molar-refractivity contribution in [2.24, 2.45) is 0 Å². The van der Waals surface area contributed by atoms with E-state index in [1.54, 1.807) is 36.4 Å². The lowest BCUT2D eigenvalue weighted by molar-refractivity contribution is 0.101. The van der Waals surface area contributed by atoms with Crippen molar-refractivity contribution < 1.29 is 17.6 Å². The van der Waals surface area contributed by atoms with Gasteiger partial charge in [0.1, 0.15) is 5.58 Å². The number of fused-ring (bicyclic) bond motifs is 1. The zero-order chi connectivity index (χ0) is 21.5. The molecule has 4 rings (SSSR count). The van der Waals surface area contributed by atoms with Gasteiger partial charge in [-0.2, -0.15) is 4.31 Å². The highest BCUT2D eigenvalue weighted by Gasteiger charge is 2.32. The molecule has 0 spiro atoms. The van der Waals surface area contributed by atoms with Gasteiger partial charge in [0, 0.05) is 5.56 Å². The lowest BCUT2D eigenvalue weighted by atomic mass is 10.1. The number of hydrogen-bond donors (Lipinski definition) is 0. The second-order valence-electron chi connectivity index (χ2n) is 6.84. The van der Waals surface area contributed by atoms with Crippen LogP contribution in [0.3, 0.4) is 0 Å². The first-order valence-corrected chi connectivity index (χ1v) is 11.3. The Bertz CT molecular complexity index is 1400. The SMILES string of the molecule is Cc1ccc(C(=O)N(c2ccc3oc(=O)sc3c2)S(=O)(=O)c2ccc(C)cc2)cc1. The number of benzene rings is 3. The van der Waals surface area contributed by atoms with Gasteiger partial charge in [0.25, 0.3) is 15.9 Å². The Kier molecular flexibility index (Phi) is 5.05. The van der Waals surface area contributed by atoms with E-state index >= 15 is 0 Å². The number of carbonyl (C=O) groups excluding carboxylic acids is 1. The van der Waals surface area contributed by atoms with Crippen molar-refractivity contribution in [3.05, 3.63) is 93.2 Å². The van der Waals surface area contributed by atoms with E-state index in [0.717, 1.165) is 26.8 Å². The predicted molar refractivity (Wildman–Crippen MR) is 117 cm³/mol. The second-order valence-corrected chi connectivity index (χ2v) is 9.60. The molecular weight excluding hydrogens is 422 g/mol. The number of anilines is 1. The van der Waals surface area contributed by atoms with Crippen LogP contribution in [-0.2, 0) is 10.0 Å². The molecule has 0 atom stereocenters. The lowest BCUT2D eigenvalue weighted by Gasteiger charge is -2.23. The molecule has 0 N–H and O–H groups in total. The molecule has 0 radical (unpaired) electrons. The maximum absolute atomic E-state index is 13.5. The summed E-state index contributed by atoms with van der Waals surface area (Å²) >= 11 is 0.847. The molecule has 152 valence electrons. The van der Waals surface area contributed by atoms with Crippen LogP contribution >= 0.6 is 11.3 Å². The van der Waals surface area contributed by atoms with E-state index in [1.165, 1.54) is 30.3 Å². The van der Waals surface area contributed by atoms with Gasteiger partial charge in [0.2, 0.25) is 0 Å². The molecular formula is C22H17NO5S2. The van der Waals surface area contributed by atoms with Gasteiger partial charge in [-0.15, -0.1) is 0 Å². The topological polar surface area (TPSA) is 84.7 Å². The predicted octanol–water partition coefficient (Wildman–Crippen LogP) is 4.51. The molecule has 0 saturated carbocycles. The van der Waals surface area contributed by atoms with Crippen LogP contribution in [0.15, 0.2) is 80.8 Å². The molecule has 0 aliphatic heterocycles. The summed E-state index contributed by atoms with van der Waals surface area (Å²) in [5.41, 5.74) is 2.55. The van der Waals surface area contributed by atoms with Gasteiger partial charge in [-0.3, -0.25) is 4.79 Å². The number of sulfonamides is 1. The van der Waals surface area contributed by atoms with Gasteiger partial charge in [-0.1, -0.05) is 46.7 Å². The molecule has 0 fully saturated rings. The average molecular weight is 440 g/mol. The van der Waals surface area contributed by atoms with Crippen molar-refractivity contribution in [2.75, 3.05) is 4.31 Å². The highest BCUT2D eigenvalue weighted by Crippen LogP contribution is 2.30. The van der Waals surface area contributed by atoms with E-state index in [-0.39, 0.29) is 16.1 Å². The Hall–Kier alpha value is -3.23. The Morgan fingerprint density at radius 1 is 0.900 bits per heavy atom. The third kappa shape index (κ3) is 3.67. The van der Waals surface area contributed by atoms with Crippen LogP contribution < -0.4 is 9.24 Å². The standard InChI is InChI=1S/C22H17NO5S2/c1-14-3-7-16(8-4-14)21(24)23(30(26,27)18-10-5-15(2)6-11-18)17-9-12-19-20(13-17)29-22(25)28-19/h3-13H,1-2H3. The first-order chi connectivity index (χ1) is 14.3. The lowest BCUT2D eigenvalue weighted by Crippen LogP contribution is -2.37. The molecule has 1 aromatic heterocycles. The molecule has 4 aromatic rings. The van der Waals surface area contributed by atoms with Gasteiger partial charge in [0.05, 0.1) is 15.3 Å². The van der Waals surface area contributed by atoms with Gasteiger partial charge in [0.15, 0.2) is 0 Å². The summed E-state index contributed by atoms with van der Waals surface area (Å²) in [7, 11) is -4.21. The smallest absolute Gasteiger partial charge is 0.396 e. The zero-order valence-electron chi connectivity index (χ0n) is 16.2. The summed E-state index contributed by atoms with van der Waals surface area (Å²) in [6.45, 7) is 3.73. The first kappa shape index (κ1) is 20.1. The van der Waals surface area contributed by atoms with Crippen molar-refractivity contribution in [3.8, 4) is 0 Å². The molecule has 0 saturated heterocycles. The maximum Gasteiger partial charge on any atom is 0.396 e. The van der Waals surface area contributed by atoms with Crippen LogP contribution in [0, 0.1) is 13.8 Å². The second kappa shape index (κ2) is 7.55. The monoisotopic (exact) mass is 439 g/mol. The molecule has 1 amide bonds. The average Bonchev–Trinajstić information content (AvgIpc) is 3.08. The minimum absolute atomic E-state index is 0.00552. The Balaban J connectivity index is 1.91. The van der Waals surface area contributed by atoms with Crippen molar-refractivity contribution in [1.29, 1.82) is 0 Å². The molecule has 3 aromatic carbocycles. The van der Waals surface area contributed by atoms with Crippen LogP contribution in [0.1, 0.15) is 21.5 Å². The minimum Gasteiger partial charge on any atom is -0.414 e. The summed E-state index contributed by atoms with van der Waals surface area (Å²) in [6, 6.07) is 17.4. The van der Waals surface area contributed by atoms with Crippen molar-refractivity contribution >= 4 is 43.2 Å². The quantitative estimate of drug-likeness (QED) is 0.467. The molecule has 0 aliphatic rings. The molecule has 0 aliphatic carbocycles. The fourth-order valence-electron chi connectivity index (χ4n) is 2.98. The number of carbonyl (C=O) groups is 1. The molecule has 0 unspecified atom stereocenters. The van der Waals surface area contributed by atoms with Crippen LogP contribution in [0.4, 0.5) is 5.69 Å². The molecule has 8 heteroatoms. The van der Waals surface area contributed by atoms with Gasteiger partial charge >= 0.3 is 4.94 Å². The Labute approximate surface area is 177 Å². The highest BCUT2D eigenvalue weighted by atomic mass is 32.2. The molecule has 1 heterocycles. The van der Waals surface area contributed by atoms with Crippen LogP contribution in [0.25, 0.3) is 10.3 Å². The summed E-state index contributed by atoms with van der Waals surface area (Å²) in [4.78, 5) is 24.4. The van der Waals surface area contributed by atoms with E-state index in [0.29, 0.717) is 10.3 Å². The fourth-order valence-corrected chi connectivity index (χ4v) is 5.09. The van der Waals surface area contributed by atoms with Crippen molar-refractivity contribution in [1.82, 2.24) is 0 Å².